The molecule has 2 heterocycles. The molecule has 1 fully saturated rings. The van der Waals surface area contributed by atoms with Crippen LogP contribution in [0.5, 0.6) is 0 Å². The van der Waals surface area contributed by atoms with Gasteiger partial charge in [-0.1, -0.05) is 13.8 Å². The van der Waals surface area contributed by atoms with Crippen LogP contribution >= 0.6 is 0 Å². The molecule has 0 radical (unpaired) electrons. The van der Waals surface area contributed by atoms with Crippen molar-refractivity contribution in [2.24, 2.45) is 5.41 Å². The Balaban J connectivity index is 1.58. The predicted octanol–water partition coefficient (Wildman–Crippen LogP) is 3.05. The summed E-state index contributed by atoms with van der Waals surface area (Å²) < 4.78 is 20.8. The smallest absolute Gasteiger partial charge is 0.374 e. The Labute approximate surface area is 127 Å². The second-order valence-electron chi connectivity index (χ2n) is 5.80. The number of esters is 2. The lowest BCUT2D eigenvalue weighted by molar-refractivity contribution is -0.155. The van der Waals surface area contributed by atoms with E-state index in [2.05, 4.69) is 0 Å². The minimum atomic E-state index is -0.515. The summed E-state index contributed by atoms with van der Waals surface area (Å²) in [5.74, 6) is -0.712. The number of ether oxygens (including phenoxy) is 2. The quantitative estimate of drug-likeness (QED) is 0.808. The highest BCUT2D eigenvalue weighted by Crippen LogP contribution is 2.45. The van der Waals surface area contributed by atoms with Gasteiger partial charge in [0.15, 0.2) is 0 Å². The van der Waals surface area contributed by atoms with Gasteiger partial charge in [0.1, 0.15) is 12.2 Å². The molecule has 3 rings (SSSR count). The lowest BCUT2D eigenvalue weighted by atomic mass is 9.66. The maximum absolute atomic E-state index is 11.9. The Bertz CT molecular complexity index is 597. The van der Waals surface area contributed by atoms with Gasteiger partial charge in [-0.2, -0.15) is 0 Å². The number of rotatable bonds is 4. The SMILES string of the molecule is CC1(C)C(OC(=O)c2ccco2)CC1OC(=O)c1ccco1. The van der Waals surface area contributed by atoms with Crippen LogP contribution in [-0.4, -0.2) is 24.1 Å². The standard InChI is InChI=1S/C16H16O6/c1-16(2)12(21-14(17)10-5-3-7-19-10)9-13(16)22-15(18)11-6-4-8-20-11/h3-8,12-13H,9H2,1-2H3. The summed E-state index contributed by atoms with van der Waals surface area (Å²) in [5, 5.41) is 0. The molecule has 0 amide bonds. The van der Waals surface area contributed by atoms with E-state index in [1.54, 1.807) is 24.3 Å². The molecule has 0 bridgehead atoms. The highest BCUT2D eigenvalue weighted by atomic mass is 16.6. The summed E-state index contributed by atoms with van der Waals surface area (Å²) in [4.78, 5) is 23.7. The highest BCUT2D eigenvalue weighted by Gasteiger charge is 2.53. The third-order valence-corrected chi connectivity index (χ3v) is 4.03. The highest BCUT2D eigenvalue weighted by molar-refractivity contribution is 5.87. The lowest BCUT2D eigenvalue weighted by Crippen LogP contribution is -2.56. The summed E-state index contributed by atoms with van der Waals surface area (Å²) in [5.41, 5.74) is -0.468. The van der Waals surface area contributed by atoms with E-state index in [9.17, 15) is 9.59 Å². The van der Waals surface area contributed by atoms with Crippen molar-refractivity contribution in [3.05, 3.63) is 48.3 Å². The lowest BCUT2D eigenvalue weighted by Gasteiger charge is -2.49. The zero-order valence-corrected chi connectivity index (χ0v) is 12.3. The molecule has 1 saturated carbocycles. The van der Waals surface area contributed by atoms with Crippen LogP contribution in [0.3, 0.4) is 0 Å². The van der Waals surface area contributed by atoms with E-state index in [-0.39, 0.29) is 23.7 Å². The fourth-order valence-electron chi connectivity index (χ4n) is 2.41. The van der Waals surface area contributed by atoms with Gasteiger partial charge in [-0.3, -0.25) is 0 Å². The minimum Gasteiger partial charge on any atom is -0.457 e. The molecule has 0 aromatic carbocycles. The molecule has 22 heavy (non-hydrogen) atoms. The molecule has 1 aliphatic rings. The van der Waals surface area contributed by atoms with Crippen molar-refractivity contribution >= 4 is 11.9 Å². The van der Waals surface area contributed by atoms with Crippen LogP contribution in [0.15, 0.2) is 45.6 Å². The van der Waals surface area contributed by atoms with Gasteiger partial charge < -0.3 is 18.3 Å². The van der Waals surface area contributed by atoms with Crippen molar-refractivity contribution in [2.75, 3.05) is 0 Å². The van der Waals surface area contributed by atoms with Crippen LogP contribution in [0.2, 0.25) is 0 Å². The first-order valence-electron chi connectivity index (χ1n) is 6.97. The molecule has 1 aliphatic carbocycles. The molecule has 0 spiro atoms. The first-order valence-corrected chi connectivity index (χ1v) is 6.97. The number of furan rings is 2. The second kappa shape index (κ2) is 5.36. The van der Waals surface area contributed by atoms with Gasteiger partial charge in [-0.15, -0.1) is 0 Å². The normalized spacial score (nSPS) is 22.6. The van der Waals surface area contributed by atoms with Gasteiger partial charge >= 0.3 is 11.9 Å². The largest absolute Gasteiger partial charge is 0.457 e. The van der Waals surface area contributed by atoms with Gasteiger partial charge in [0, 0.05) is 11.8 Å². The van der Waals surface area contributed by atoms with Gasteiger partial charge in [0.25, 0.3) is 0 Å². The Morgan fingerprint density at radius 2 is 1.45 bits per heavy atom. The molecule has 2 aromatic rings. The van der Waals surface area contributed by atoms with Crippen LogP contribution in [0.4, 0.5) is 0 Å². The molecule has 6 nitrogen and oxygen atoms in total. The Morgan fingerprint density at radius 3 is 1.77 bits per heavy atom. The summed E-state index contributed by atoms with van der Waals surface area (Å²) in [6.07, 6.45) is 2.61. The third kappa shape index (κ3) is 2.52. The average molecular weight is 304 g/mol. The first-order chi connectivity index (χ1) is 10.5. The number of hydrogen-bond donors (Lipinski definition) is 0. The maximum atomic E-state index is 11.9. The molecule has 2 atom stereocenters. The Kier molecular flexibility index (Phi) is 3.52. The molecule has 2 aromatic heterocycles. The molecular formula is C16H16O6. The van der Waals surface area contributed by atoms with E-state index in [1.807, 2.05) is 13.8 Å². The van der Waals surface area contributed by atoms with E-state index >= 15 is 0 Å². The molecule has 6 heteroatoms. The van der Waals surface area contributed by atoms with E-state index in [0.717, 1.165) is 0 Å². The van der Waals surface area contributed by atoms with Gasteiger partial charge in [-0.25, -0.2) is 9.59 Å². The van der Waals surface area contributed by atoms with Crippen molar-refractivity contribution in [1.82, 2.24) is 0 Å². The number of carbonyl (C=O) groups excluding carboxylic acids is 2. The van der Waals surface area contributed by atoms with E-state index in [1.165, 1.54) is 12.5 Å². The second-order valence-corrected chi connectivity index (χ2v) is 5.80. The number of carbonyl (C=O) groups is 2. The fourth-order valence-corrected chi connectivity index (χ4v) is 2.41. The molecular weight excluding hydrogens is 288 g/mol. The topological polar surface area (TPSA) is 78.9 Å². The molecule has 0 aliphatic heterocycles. The summed E-state index contributed by atoms with van der Waals surface area (Å²) in [6.45, 7) is 3.77. The summed E-state index contributed by atoms with van der Waals surface area (Å²) >= 11 is 0. The number of hydrogen-bond acceptors (Lipinski definition) is 6. The molecule has 0 N–H and O–H groups in total. The van der Waals surface area contributed by atoms with Crippen LogP contribution < -0.4 is 0 Å². The van der Waals surface area contributed by atoms with Crippen molar-refractivity contribution in [3.8, 4) is 0 Å². The van der Waals surface area contributed by atoms with Crippen LogP contribution in [-0.2, 0) is 9.47 Å². The fraction of sp³-hybridized carbons (Fsp3) is 0.375. The summed E-state index contributed by atoms with van der Waals surface area (Å²) in [7, 11) is 0. The van der Waals surface area contributed by atoms with Crippen molar-refractivity contribution < 1.29 is 27.9 Å². The van der Waals surface area contributed by atoms with Gasteiger partial charge in [0.05, 0.1) is 12.5 Å². The van der Waals surface area contributed by atoms with Gasteiger partial charge in [0.2, 0.25) is 11.5 Å². The van der Waals surface area contributed by atoms with Crippen LogP contribution in [0.1, 0.15) is 41.4 Å². The molecule has 0 saturated heterocycles. The van der Waals surface area contributed by atoms with Crippen molar-refractivity contribution in [3.63, 3.8) is 0 Å². The van der Waals surface area contributed by atoms with Crippen LogP contribution in [0, 0.1) is 5.41 Å². The average Bonchev–Trinajstić information content (AvgIpc) is 3.18. The van der Waals surface area contributed by atoms with E-state index < -0.39 is 17.4 Å². The monoisotopic (exact) mass is 304 g/mol. The Hall–Kier alpha value is -2.50. The zero-order chi connectivity index (χ0) is 15.7. The molecule has 2 unspecified atom stereocenters. The third-order valence-electron chi connectivity index (χ3n) is 4.03. The Morgan fingerprint density at radius 1 is 1.00 bits per heavy atom. The zero-order valence-electron chi connectivity index (χ0n) is 12.3. The predicted molar refractivity (Wildman–Crippen MR) is 74.2 cm³/mol. The van der Waals surface area contributed by atoms with Gasteiger partial charge in [-0.05, 0) is 24.3 Å². The van der Waals surface area contributed by atoms with Crippen molar-refractivity contribution in [2.45, 2.75) is 32.5 Å². The molecule has 116 valence electrons. The minimum absolute atomic E-state index is 0.159. The van der Waals surface area contributed by atoms with E-state index in [0.29, 0.717) is 6.42 Å². The maximum Gasteiger partial charge on any atom is 0.374 e. The first kappa shape index (κ1) is 14.4. The van der Waals surface area contributed by atoms with E-state index in [4.69, 9.17) is 18.3 Å². The van der Waals surface area contributed by atoms with Crippen molar-refractivity contribution in [1.29, 1.82) is 0 Å². The summed E-state index contributed by atoms with van der Waals surface area (Å²) in [6, 6.07) is 6.33. The van der Waals surface area contributed by atoms with Crippen LogP contribution in [0.25, 0.3) is 0 Å².